The van der Waals surface area contributed by atoms with Crippen molar-refractivity contribution in [3.63, 3.8) is 0 Å². The molecule has 0 N–H and O–H groups in total. The van der Waals surface area contributed by atoms with E-state index in [1.807, 2.05) is 13.0 Å². The molecule has 0 saturated heterocycles. The van der Waals surface area contributed by atoms with Crippen molar-refractivity contribution in [2.24, 2.45) is 5.92 Å². The van der Waals surface area contributed by atoms with E-state index < -0.39 is 5.76 Å². The van der Waals surface area contributed by atoms with Crippen LogP contribution in [0.5, 0.6) is 0 Å². The Kier molecular flexibility index (Phi) is 4.99. The van der Waals surface area contributed by atoms with Gasteiger partial charge in [-0.25, -0.2) is 4.79 Å². The molecule has 1 aromatic carbocycles. The van der Waals surface area contributed by atoms with E-state index in [9.17, 15) is 9.59 Å². The van der Waals surface area contributed by atoms with Gasteiger partial charge < -0.3 is 9.32 Å². The van der Waals surface area contributed by atoms with Crippen LogP contribution in [0.1, 0.15) is 20.3 Å². The third kappa shape index (κ3) is 3.37. The summed E-state index contributed by atoms with van der Waals surface area (Å²) in [6, 6.07) is 9.26. The molecule has 0 bridgehead atoms. The molecule has 0 spiro atoms. The van der Waals surface area contributed by atoms with Crippen molar-refractivity contribution in [1.29, 1.82) is 5.26 Å². The Morgan fingerprint density at radius 1 is 1.45 bits per heavy atom. The Morgan fingerprint density at radius 3 is 2.86 bits per heavy atom. The van der Waals surface area contributed by atoms with Crippen molar-refractivity contribution in [3.05, 3.63) is 34.8 Å². The number of aromatic nitrogens is 1. The fourth-order valence-electron chi connectivity index (χ4n) is 2.37. The third-order valence-corrected chi connectivity index (χ3v) is 3.57. The van der Waals surface area contributed by atoms with Crippen LogP contribution in [-0.4, -0.2) is 28.5 Å². The predicted octanol–water partition coefficient (Wildman–Crippen LogP) is 1.99. The molecule has 2 rings (SSSR count). The molecule has 0 radical (unpaired) electrons. The van der Waals surface area contributed by atoms with Crippen LogP contribution < -0.4 is 5.76 Å². The summed E-state index contributed by atoms with van der Waals surface area (Å²) in [7, 11) is 0. The predicted molar refractivity (Wildman–Crippen MR) is 82.1 cm³/mol. The molecule has 0 saturated carbocycles. The van der Waals surface area contributed by atoms with Crippen molar-refractivity contribution in [2.45, 2.75) is 26.8 Å². The molecule has 6 nitrogen and oxygen atoms in total. The normalized spacial score (nSPS) is 12.0. The molecule has 1 aromatic heterocycles. The minimum atomic E-state index is -0.456. The van der Waals surface area contributed by atoms with Gasteiger partial charge in [0.25, 0.3) is 0 Å². The number of amides is 1. The van der Waals surface area contributed by atoms with Gasteiger partial charge >= 0.3 is 5.76 Å². The Bertz CT molecular complexity index is 754. The van der Waals surface area contributed by atoms with E-state index in [1.165, 1.54) is 4.57 Å². The molecule has 0 fully saturated rings. The highest BCUT2D eigenvalue weighted by molar-refractivity contribution is 5.77. The quantitative estimate of drug-likeness (QED) is 0.817. The van der Waals surface area contributed by atoms with Crippen LogP contribution in [0.3, 0.4) is 0 Å². The number of rotatable bonds is 6. The van der Waals surface area contributed by atoms with Crippen LogP contribution in [0.4, 0.5) is 0 Å². The summed E-state index contributed by atoms with van der Waals surface area (Å²) in [5.74, 6) is -0.731. The van der Waals surface area contributed by atoms with Gasteiger partial charge in [0.1, 0.15) is 0 Å². The lowest BCUT2D eigenvalue weighted by molar-refractivity contribution is -0.131. The molecule has 1 amide bonds. The van der Waals surface area contributed by atoms with Crippen LogP contribution in [-0.2, 0) is 11.3 Å². The van der Waals surface area contributed by atoms with E-state index in [-0.39, 0.29) is 24.8 Å². The number of oxazole rings is 1. The molecular formula is C16H19N3O3. The highest BCUT2D eigenvalue weighted by atomic mass is 16.4. The lowest BCUT2D eigenvalue weighted by Gasteiger charge is -2.21. The van der Waals surface area contributed by atoms with Gasteiger partial charge in [0.2, 0.25) is 5.91 Å². The lowest BCUT2D eigenvalue weighted by Crippen LogP contribution is -2.35. The van der Waals surface area contributed by atoms with E-state index in [4.69, 9.17) is 9.68 Å². The number of fused-ring (bicyclic) bond motifs is 1. The number of hydrogen-bond donors (Lipinski definition) is 0. The summed E-state index contributed by atoms with van der Waals surface area (Å²) in [5.41, 5.74) is 1.21. The number of aryl methyl sites for hydroxylation is 1. The molecule has 22 heavy (non-hydrogen) atoms. The Morgan fingerprint density at radius 2 is 2.18 bits per heavy atom. The summed E-state index contributed by atoms with van der Waals surface area (Å²) >= 11 is 0. The average Bonchev–Trinajstić information content (AvgIpc) is 2.85. The maximum Gasteiger partial charge on any atom is 0.419 e. The van der Waals surface area contributed by atoms with Crippen LogP contribution in [0.2, 0.25) is 0 Å². The molecule has 2 aromatic rings. The number of hydrogen-bond acceptors (Lipinski definition) is 4. The van der Waals surface area contributed by atoms with Crippen molar-refractivity contribution in [1.82, 2.24) is 9.47 Å². The summed E-state index contributed by atoms with van der Waals surface area (Å²) in [5, 5.41) is 8.85. The minimum Gasteiger partial charge on any atom is -0.408 e. The number of carbonyl (C=O) groups is 1. The topological polar surface area (TPSA) is 79.2 Å². The van der Waals surface area contributed by atoms with Gasteiger partial charge in [0, 0.05) is 26.1 Å². The van der Waals surface area contributed by atoms with E-state index in [1.54, 1.807) is 30.0 Å². The van der Waals surface area contributed by atoms with E-state index >= 15 is 0 Å². The monoisotopic (exact) mass is 301 g/mol. The Labute approximate surface area is 128 Å². The number of carbonyl (C=O) groups excluding carboxylic acids is 1. The van der Waals surface area contributed by atoms with Gasteiger partial charge in [-0.15, -0.1) is 0 Å². The standard InChI is InChI=1S/C16H19N3O3/c1-3-18(11-12(2)10-17)15(20)8-9-19-13-6-4-5-7-14(13)22-16(19)21/h4-7,12H,3,8-9,11H2,1-2H3. The maximum absolute atomic E-state index is 12.2. The zero-order valence-corrected chi connectivity index (χ0v) is 12.8. The van der Waals surface area contributed by atoms with E-state index in [0.717, 1.165) is 0 Å². The second-order valence-electron chi connectivity index (χ2n) is 5.20. The van der Waals surface area contributed by atoms with Gasteiger partial charge in [-0.2, -0.15) is 5.26 Å². The lowest BCUT2D eigenvalue weighted by atomic mass is 10.2. The summed E-state index contributed by atoms with van der Waals surface area (Å²) in [6.45, 7) is 4.89. The largest absolute Gasteiger partial charge is 0.419 e. The van der Waals surface area contributed by atoms with Gasteiger partial charge in [0.05, 0.1) is 17.5 Å². The van der Waals surface area contributed by atoms with Gasteiger partial charge in [-0.3, -0.25) is 9.36 Å². The number of nitriles is 1. The van der Waals surface area contributed by atoms with Crippen LogP contribution in [0, 0.1) is 17.2 Å². The molecule has 0 aliphatic rings. The molecule has 1 unspecified atom stereocenters. The zero-order valence-electron chi connectivity index (χ0n) is 12.8. The first-order chi connectivity index (χ1) is 10.6. The fourth-order valence-corrected chi connectivity index (χ4v) is 2.37. The molecule has 0 aliphatic heterocycles. The molecule has 1 heterocycles. The SMILES string of the molecule is CCN(CC(C)C#N)C(=O)CCn1c(=O)oc2ccccc21. The molecule has 116 valence electrons. The first kappa shape index (κ1) is 15.8. The van der Waals surface area contributed by atoms with E-state index in [0.29, 0.717) is 24.2 Å². The summed E-state index contributed by atoms with van der Waals surface area (Å²) < 4.78 is 6.61. The summed E-state index contributed by atoms with van der Waals surface area (Å²) in [4.78, 5) is 25.7. The molecule has 1 atom stereocenters. The van der Waals surface area contributed by atoms with Crippen molar-refractivity contribution in [2.75, 3.05) is 13.1 Å². The maximum atomic E-state index is 12.2. The van der Waals surface area contributed by atoms with Crippen LogP contribution in [0.25, 0.3) is 11.1 Å². The van der Waals surface area contributed by atoms with E-state index in [2.05, 4.69) is 6.07 Å². The number of benzene rings is 1. The van der Waals surface area contributed by atoms with Crippen LogP contribution in [0.15, 0.2) is 33.5 Å². The van der Waals surface area contributed by atoms with Crippen molar-refractivity contribution in [3.8, 4) is 6.07 Å². The molecule has 0 aliphatic carbocycles. The number of nitrogens with zero attached hydrogens (tertiary/aromatic N) is 3. The Hall–Kier alpha value is -2.55. The minimum absolute atomic E-state index is 0.0678. The zero-order chi connectivity index (χ0) is 16.1. The second kappa shape index (κ2) is 6.94. The summed E-state index contributed by atoms with van der Waals surface area (Å²) in [6.07, 6.45) is 0.204. The van der Waals surface area contributed by atoms with Gasteiger partial charge in [0.15, 0.2) is 5.58 Å². The smallest absolute Gasteiger partial charge is 0.408 e. The Balaban J connectivity index is 2.08. The first-order valence-corrected chi connectivity index (χ1v) is 7.32. The molecular weight excluding hydrogens is 282 g/mol. The van der Waals surface area contributed by atoms with Crippen molar-refractivity contribution < 1.29 is 9.21 Å². The first-order valence-electron chi connectivity index (χ1n) is 7.32. The molecule has 6 heteroatoms. The van der Waals surface area contributed by atoms with Crippen molar-refractivity contribution >= 4 is 17.0 Å². The second-order valence-corrected chi connectivity index (χ2v) is 5.20. The third-order valence-electron chi connectivity index (χ3n) is 3.57. The van der Waals surface area contributed by atoms with Crippen LogP contribution >= 0.6 is 0 Å². The highest BCUT2D eigenvalue weighted by Crippen LogP contribution is 2.12. The average molecular weight is 301 g/mol. The van der Waals surface area contributed by atoms with Gasteiger partial charge in [-0.1, -0.05) is 12.1 Å². The number of para-hydroxylation sites is 2. The fraction of sp³-hybridized carbons (Fsp3) is 0.438. The van der Waals surface area contributed by atoms with Gasteiger partial charge in [-0.05, 0) is 26.0 Å². The highest BCUT2D eigenvalue weighted by Gasteiger charge is 2.16.